The average molecular weight is 330 g/mol. The molecule has 0 spiro atoms. The summed E-state index contributed by atoms with van der Waals surface area (Å²) in [6.07, 6.45) is 3.41. The second-order valence-corrected chi connectivity index (χ2v) is 5.62. The molecule has 7 heteroatoms. The number of aromatic nitrogens is 1. The summed E-state index contributed by atoms with van der Waals surface area (Å²) in [4.78, 5) is 20.3. The molecule has 0 saturated carbocycles. The summed E-state index contributed by atoms with van der Waals surface area (Å²) in [6.45, 7) is 2.05. The molecular formula is C16H16N3O3S+. The zero-order chi connectivity index (χ0) is 16.2. The molecule has 0 saturated heterocycles. The summed E-state index contributed by atoms with van der Waals surface area (Å²) in [5.41, 5.74) is 1.22. The van der Waals surface area contributed by atoms with Crippen molar-refractivity contribution in [2.45, 2.75) is 6.92 Å². The number of hydrogen-bond acceptors (Lipinski definition) is 6. The molecule has 0 atom stereocenters. The van der Waals surface area contributed by atoms with Crippen molar-refractivity contribution in [2.24, 2.45) is 0 Å². The van der Waals surface area contributed by atoms with E-state index >= 15 is 0 Å². The minimum absolute atomic E-state index is 0.248. The van der Waals surface area contributed by atoms with Crippen LogP contribution in [0, 0.1) is 0 Å². The molecule has 118 valence electrons. The molecule has 1 aliphatic heterocycles. The molecule has 6 nitrogen and oxygen atoms in total. The number of rotatable bonds is 4. The Morgan fingerprint density at radius 3 is 2.83 bits per heavy atom. The molecule has 0 radical (unpaired) electrons. The van der Waals surface area contributed by atoms with Crippen LogP contribution in [0.4, 0.5) is 0 Å². The number of carbonyl (C=O) groups excluding carboxylic acids is 1. The smallest absolute Gasteiger partial charge is 0.345 e. The zero-order valence-corrected chi connectivity index (χ0v) is 13.6. The molecule has 1 aromatic carbocycles. The Balaban J connectivity index is 2.02. The first kappa shape index (κ1) is 15.4. The third kappa shape index (κ3) is 3.29. The van der Waals surface area contributed by atoms with Crippen LogP contribution in [0.1, 0.15) is 12.8 Å². The van der Waals surface area contributed by atoms with Crippen molar-refractivity contribution >= 4 is 29.7 Å². The molecule has 2 aromatic rings. The van der Waals surface area contributed by atoms with Crippen LogP contribution in [0.5, 0.6) is 0 Å². The Morgan fingerprint density at radius 1 is 1.39 bits per heavy atom. The van der Waals surface area contributed by atoms with Crippen LogP contribution in [0.2, 0.25) is 0 Å². The number of nitrogens with one attached hydrogen (secondary N) is 1. The van der Waals surface area contributed by atoms with E-state index in [1.807, 2.05) is 37.4 Å². The summed E-state index contributed by atoms with van der Waals surface area (Å²) in [6, 6.07) is 9.61. The van der Waals surface area contributed by atoms with Gasteiger partial charge >= 0.3 is 5.97 Å². The summed E-state index contributed by atoms with van der Waals surface area (Å²) < 4.78 is 12.7. The SMILES string of the molecule is CCOC(=O)C(=C1C=[N+](C)NS1)c1ncc(-c2ccccc2)o1. The van der Waals surface area contributed by atoms with Crippen molar-refractivity contribution in [1.82, 2.24) is 9.82 Å². The molecule has 23 heavy (non-hydrogen) atoms. The zero-order valence-electron chi connectivity index (χ0n) is 12.8. The molecule has 1 aliphatic rings. The number of hydrazone groups is 1. The summed E-state index contributed by atoms with van der Waals surface area (Å²) in [5.74, 6) is 0.398. The minimum atomic E-state index is -0.454. The molecular weight excluding hydrogens is 314 g/mol. The maximum atomic E-state index is 12.3. The molecule has 3 rings (SSSR count). The summed E-state index contributed by atoms with van der Waals surface area (Å²) in [7, 11) is 1.84. The van der Waals surface area contributed by atoms with Gasteiger partial charge < -0.3 is 9.15 Å². The molecule has 2 heterocycles. The highest BCUT2D eigenvalue weighted by atomic mass is 32.2. The molecule has 1 aromatic heterocycles. The van der Waals surface area contributed by atoms with E-state index in [4.69, 9.17) is 9.15 Å². The van der Waals surface area contributed by atoms with Gasteiger partial charge in [0, 0.05) is 5.56 Å². The normalized spacial score (nSPS) is 15.8. The predicted molar refractivity (Wildman–Crippen MR) is 88.5 cm³/mol. The first-order valence-corrected chi connectivity index (χ1v) is 7.94. The molecule has 0 fully saturated rings. The molecule has 0 bridgehead atoms. The largest absolute Gasteiger partial charge is 0.462 e. The van der Waals surface area contributed by atoms with Crippen LogP contribution in [0.15, 0.2) is 45.9 Å². The Labute approximate surface area is 138 Å². The second kappa shape index (κ2) is 6.70. The van der Waals surface area contributed by atoms with Crippen LogP contribution < -0.4 is 4.83 Å². The van der Waals surface area contributed by atoms with Gasteiger partial charge in [0.2, 0.25) is 12.1 Å². The van der Waals surface area contributed by atoms with Gasteiger partial charge in [0.25, 0.3) is 0 Å². The predicted octanol–water partition coefficient (Wildman–Crippen LogP) is 2.50. The second-order valence-electron chi connectivity index (χ2n) is 4.79. The third-order valence-electron chi connectivity index (χ3n) is 3.11. The fraction of sp³-hybridized carbons (Fsp3) is 0.188. The fourth-order valence-corrected chi connectivity index (χ4v) is 2.87. The van der Waals surface area contributed by atoms with E-state index in [1.165, 1.54) is 11.9 Å². The Kier molecular flexibility index (Phi) is 4.47. The number of allylic oxidation sites excluding steroid dienone is 1. The van der Waals surface area contributed by atoms with E-state index in [0.717, 1.165) is 5.56 Å². The van der Waals surface area contributed by atoms with Crippen molar-refractivity contribution in [3.05, 3.63) is 47.3 Å². The van der Waals surface area contributed by atoms with Gasteiger partial charge in [-0.25, -0.2) is 9.78 Å². The lowest BCUT2D eigenvalue weighted by Crippen LogP contribution is -2.11. The van der Waals surface area contributed by atoms with Crippen LogP contribution in [-0.2, 0) is 9.53 Å². The Morgan fingerprint density at radius 2 is 2.17 bits per heavy atom. The van der Waals surface area contributed by atoms with Gasteiger partial charge in [-0.2, -0.15) is 0 Å². The molecule has 0 amide bonds. The lowest BCUT2D eigenvalue weighted by molar-refractivity contribution is -0.525. The van der Waals surface area contributed by atoms with Gasteiger partial charge in [-0.15, -0.1) is 9.52 Å². The Bertz CT molecular complexity index is 781. The van der Waals surface area contributed by atoms with Crippen LogP contribution in [0.3, 0.4) is 0 Å². The Hall–Kier alpha value is -2.54. The van der Waals surface area contributed by atoms with Gasteiger partial charge in [0.1, 0.15) is 10.5 Å². The van der Waals surface area contributed by atoms with E-state index in [2.05, 4.69) is 9.82 Å². The number of oxazole rings is 1. The number of carbonyl (C=O) groups is 1. The van der Waals surface area contributed by atoms with Crippen molar-refractivity contribution in [3.63, 3.8) is 0 Å². The van der Waals surface area contributed by atoms with Gasteiger partial charge in [-0.1, -0.05) is 30.3 Å². The van der Waals surface area contributed by atoms with Gasteiger partial charge in [-0.05, 0) is 6.92 Å². The number of hydrogen-bond donors (Lipinski definition) is 1. The van der Waals surface area contributed by atoms with Crippen molar-refractivity contribution in [3.8, 4) is 11.3 Å². The number of hydrazine groups is 1. The molecule has 0 unspecified atom stereocenters. The van der Waals surface area contributed by atoms with Gasteiger partial charge in [0.05, 0.1) is 24.8 Å². The van der Waals surface area contributed by atoms with E-state index in [1.54, 1.807) is 24.0 Å². The number of ether oxygens (including phenoxy) is 1. The maximum Gasteiger partial charge on any atom is 0.345 e. The summed E-state index contributed by atoms with van der Waals surface area (Å²) >= 11 is 1.31. The van der Waals surface area contributed by atoms with Gasteiger partial charge in [-0.3, -0.25) is 0 Å². The van der Waals surface area contributed by atoms with Crippen LogP contribution in [-0.4, -0.2) is 35.5 Å². The molecule has 0 aliphatic carbocycles. The molecule has 1 N–H and O–H groups in total. The first-order valence-electron chi connectivity index (χ1n) is 7.12. The third-order valence-corrected chi connectivity index (χ3v) is 4.02. The highest BCUT2D eigenvalue weighted by molar-refractivity contribution is 8.02. The number of benzene rings is 1. The monoisotopic (exact) mass is 330 g/mol. The van der Waals surface area contributed by atoms with Crippen LogP contribution in [0.25, 0.3) is 16.9 Å². The van der Waals surface area contributed by atoms with Crippen molar-refractivity contribution in [1.29, 1.82) is 0 Å². The van der Waals surface area contributed by atoms with Crippen molar-refractivity contribution in [2.75, 3.05) is 13.7 Å². The first-order chi connectivity index (χ1) is 11.2. The average Bonchev–Trinajstić information content (AvgIpc) is 3.19. The topological polar surface area (TPSA) is 67.4 Å². The lowest BCUT2D eigenvalue weighted by Gasteiger charge is -2.04. The van der Waals surface area contributed by atoms with E-state index < -0.39 is 5.97 Å². The standard InChI is InChI=1S/C16H15N3O3S/c1-3-21-16(20)14(13-10-19(2)18-23-13)15-17-9-12(22-15)11-7-5-4-6-8-11/h4-10H,3H2,1-2H3/p+1. The van der Waals surface area contributed by atoms with Gasteiger partial charge in [0.15, 0.2) is 12.8 Å². The summed E-state index contributed by atoms with van der Waals surface area (Å²) in [5, 5.41) is 0. The highest BCUT2D eigenvalue weighted by Gasteiger charge is 2.29. The quantitative estimate of drug-likeness (QED) is 0.402. The van der Waals surface area contributed by atoms with E-state index in [-0.39, 0.29) is 12.5 Å². The number of nitrogens with zero attached hydrogens (tertiary/aromatic N) is 2. The van der Waals surface area contributed by atoms with Crippen LogP contribution >= 0.6 is 11.9 Å². The highest BCUT2D eigenvalue weighted by Crippen LogP contribution is 2.30. The van der Waals surface area contributed by atoms with E-state index in [0.29, 0.717) is 16.2 Å². The van der Waals surface area contributed by atoms with E-state index in [9.17, 15) is 4.79 Å². The minimum Gasteiger partial charge on any atom is -0.462 e. The maximum absolute atomic E-state index is 12.3. The number of esters is 1. The van der Waals surface area contributed by atoms with Crippen molar-refractivity contribution < 1.29 is 18.6 Å². The lowest BCUT2D eigenvalue weighted by atomic mass is 10.2. The fourth-order valence-electron chi connectivity index (χ4n) is 2.09.